The van der Waals surface area contributed by atoms with Gasteiger partial charge >= 0.3 is 0 Å². The summed E-state index contributed by atoms with van der Waals surface area (Å²) in [5, 5.41) is 4.41. The van der Waals surface area contributed by atoms with Gasteiger partial charge < -0.3 is 9.64 Å². The van der Waals surface area contributed by atoms with E-state index >= 15 is 0 Å². The van der Waals surface area contributed by atoms with Gasteiger partial charge in [0.1, 0.15) is 0 Å². The molecule has 2 fully saturated rings. The molecule has 0 aliphatic carbocycles. The van der Waals surface area contributed by atoms with Crippen molar-refractivity contribution in [3.05, 3.63) is 17.0 Å². The van der Waals surface area contributed by atoms with Crippen LogP contribution in [0.25, 0.3) is 0 Å². The average molecular weight is 320 g/mol. The molecule has 1 aromatic heterocycles. The molecule has 0 N–H and O–H groups in total. The molecule has 0 radical (unpaired) electrons. The van der Waals surface area contributed by atoms with Crippen LogP contribution in [0.4, 0.5) is 0 Å². The summed E-state index contributed by atoms with van der Waals surface area (Å²) >= 11 is 0. The number of rotatable bonds is 3. The van der Waals surface area contributed by atoms with Crippen molar-refractivity contribution in [3.8, 4) is 0 Å². The monoisotopic (exact) mass is 320 g/mol. The van der Waals surface area contributed by atoms with Crippen LogP contribution >= 0.6 is 0 Å². The van der Waals surface area contributed by atoms with Crippen LogP contribution in [-0.2, 0) is 11.8 Å². The number of carbonyl (C=O) groups is 1. The minimum atomic E-state index is 0.158. The maximum absolute atomic E-state index is 13.1. The number of ether oxygens (including phenoxy) is 1. The van der Waals surface area contributed by atoms with Gasteiger partial charge in [-0.2, -0.15) is 5.10 Å². The molecule has 2 aliphatic heterocycles. The molecular weight excluding hydrogens is 292 g/mol. The molecule has 0 saturated carbocycles. The molecule has 1 atom stereocenters. The number of hydrogen-bond acceptors (Lipinski definition) is 4. The lowest BCUT2D eigenvalue weighted by atomic mass is 9.99. The third kappa shape index (κ3) is 3.43. The lowest BCUT2D eigenvalue weighted by Crippen LogP contribution is -2.51. The number of aryl methyl sites for hydroxylation is 2. The Kier molecular flexibility index (Phi) is 5.02. The van der Waals surface area contributed by atoms with Gasteiger partial charge in [0, 0.05) is 45.0 Å². The molecule has 3 rings (SSSR count). The third-order valence-electron chi connectivity index (χ3n) is 5.18. The smallest absolute Gasteiger partial charge is 0.257 e. The zero-order valence-electron chi connectivity index (χ0n) is 14.5. The molecule has 0 aromatic carbocycles. The minimum absolute atomic E-state index is 0.158. The highest BCUT2D eigenvalue weighted by molar-refractivity contribution is 5.96. The van der Waals surface area contributed by atoms with E-state index < -0.39 is 0 Å². The van der Waals surface area contributed by atoms with Crippen molar-refractivity contribution in [1.29, 1.82) is 0 Å². The molecule has 128 valence electrons. The summed E-state index contributed by atoms with van der Waals surface area (Å²) in [6.45, 7) is 9.31. The molecule has 2 aliphatic rings. The number of hydrogen-bond donors (Lipinski definition) is 0. The summed E-state index contributed by atoms with van der Waals surface area (Å²) in [4.78, 5) is 17.7. The number of likely N-dealkylation sites (tertiary alicyclic amines) is 1. The average Bonchev–Trinajstić information content (AvgIpc) is 2.81. The summed E-state index contributed by atoms with van der Waals surface area (Å²) in [6.07, 6.45) is 3.41. The Morgan fingerprint density at radius 1 is 1.22 bits per heavy atom. The summed E-state index contributed by atoms with van der Waals surface area (Å²) in [6, 6.07) is 0.313. The van der Waals surface area contributed by atoms with Gasteiger partial charge in [0.2, 0.25) is 0 Å². The summed E-state index contributed by atoms with van der Waals surface area (Å²) < 4.78 is 7.24. The molecule has 0 bridgehead atoms. The fourth-order valence-electron chi connectivity index (χ4n) is 3.77. The number of piperidine rings is 1. The molecule has 1 aromatic rings. The maximum atomic E-state index is 13.1. The van der Waals surface area contributed by atoms with Crippen molar-refractivity contribution in [2.24, 2.45) is 7.05 Å². The Morgan fingerprint density at radius 3 is 2.61 bits per heavy atom. The van der Waals surface area contributed by atoms with Gasteiger partial charge in [0.05, 0.1) is 24.5 Å². The Morgan fingerprint density at radius 2 is 1.96 bits per heavy atom. The standard InChI is InChI=1S/C17H28N4O2/c1-13-16(14(2)19(3)18-13)17(22)21-7-5-4-6-15(21)12-20-8-10-23-11-9-20/h15H,4-12H2,1-3H3. The Bertz CT molecular complexity index is 563. The number of morpholine rings is 1. The number of amides is 1. The van der Waals surface area contributed by atoms with E-state index in [-0.39, 0.29) is 5.91 Å². The highest BCUT2D eigenvalue weighted by atomic mass is 16.5. The maximum Gasteiger partial charge on any atom is 0.257 e. The van der Waals surface area contributed by atoms with E-state index in [4.69, 9.17) is 4.74 Å². The van der Waals surface area contributed by atoms with E-state index in [2.05, 4.69) is 14.9 Å². The molecular formula is C17H28N4O2. The summed E-state index contributed by atoms with van der Waals surface area (Å²) in [5.41, 5.74) is 2.59. The second-order valence-electron chi connectivity index (χ2n) is 6.73. The van der Waals surface area contributed by atoms with E-state index in [1.165, 1.54) is 6.42 Å². The fraction of sp³-hybridized carbons (Fsp3) is 0.765. The first kappa shape index (κ1) is 16.5. The van der Waals surface area contributed by atoms with Crippen LogP contribution < -0.4 is 0 Å². The van der Waals surface area contributed by atoms with E-state index in [0.717, 1.165) is 69.2 Å². The summed E-state index contributed by atoms with van der Waals surface area (Å²) in [5.74, 6) is 0.158. The first-order chi connectivity index (χ1) is 11.1. The quantitative estimate of drug-likeness (QED) is 0.844. The SMILES string of the molecule is Cc1nn(C)c(C)c1C(=O)N1CCCCC1CN1CCOCC1. The molecule has 1 amide bonds. The van der Waals surface area contributed by atoms with Crippen molar-refractivity contribution in [2.75, 3.05) is 39.4 Å². The first-order valence-electron chi connectivity index (χ1n) is 8.69. The minimum Gasteiger partial charge on any atom is -0.379 e. The Hall–Kier alpha value is -1.40. The highest BCUT2D eigenvalue weighted by Gasteiger charge is 2.31. The zero-order valence-corrected chi connectivity index (χ0v) is 14.5. The molecule has 6 nitrogen and oxygen atoms in total. The largest absolute Gasteiger partial charge is 0.379 e. The summed E-state index contributed by atoms with van der Waals surface area (Å²) in [7, 11) is 1.90. The predicted octanol–water partition coefficient (Wildman–Crippen LogP) is 1.36. The van der Waals surface area contributed by atoms with E-state index in [0.29, 0.717) is 6.04 Å². The van der Waals surface area contributed by atoms with Gasteiger partial charge in [-0.25, -0.2) is 0 Å². The molecule has 6 heteroatoms. The molecule has 23 heavy (non-hydrogen) atoms. The van der Waals surface area contributed by atoms with Crippen molar-refractivity contribution in [3.63, 3.8) is 0 Å². The van der Waals surface area contributed by atoms with Crippen LogP contribution in [0.15, 0.2) is 0 Å². The lowest BCUT2D eigenvalue weighted by molar-refractivity contribution is 0.0166. The van der Waals surface area contributed by atoms with Crippen LogP contribution in [0.3, 0.4) is 0 Å². The van der Waals surface area contributed by atoms with Gasteiger partial charge in [-0.05, 0) is 33.1 Å². The van der Waals surface area contributed by atoms with Crippen LogP contribution in [0.2, 0.25) is 0 Å². The van der Waals surface area contributed by atoms with E-state index in [1.807, 2.05) is 25.6 Å². The van der Waals surface area contributed by atoms with Crippen LogP contribution in [-0.4, -0.2) is 70.9 Å². The number of carbonyl (C=O) groups excluding carboxylic acids is 1. The van der Waals surface area contributed by atoms with Crippen molar-refractivity contribution < 1.29 is 9.53 Å². The van der Waals surface area contributed by atoms with Crippen LogP contribution in [0, 0.1) is 13.8 Å². The Labute approximate surface area is 138 Å². The van der Waals surface area contributed by atoms with Gasteiger partial charge in [0.25, 0.3) is 5.91 Å². The first-order valence-corrected chi connectivity index (χ1v) is 8.69. The zero-order chi connectivity index (χ0) is 16.4. The van der Waals surface area contributed by atoms with Crippen molar-refractivity contribution in [2.45, 2.75) is 39.2 Å². The van der Waals surface area contributed by atoms with E-state index in [9.17, 15) is 4.79 Å². The lowest BCUT2D eigenvalue weighted by Gasteiger charge is -2.39. The van der Waals surface area contributed by atoms with Gasteiger partial charge in [-0.3, -0.25) is 14.4 Å². The van der Waals surface area contributed by atoms with Crippen molar-refractivity contribution in [1.82, 2.24) is 19.6 Å². The van der Waals surface area contributed by atoms with Gasteiger partial charge in [0.15, 0.2) is 0 Å². The fourth-order valence-corrected chi connectivity index (χ4v) is 3.77. The predicted molar refractivity (Wildman–Crippen MR) is 88.6 cm³/mol. The molecule has 0 spiro atoms. The highest BCUT2D eigenvalue weighted by Crippen LogP contribution is 2.23. The van der Waals surface area contributed by atoms with Gasteiger partial charge in [-0.1, -0.05) is 0 Å². The normalized spacial score (nSPS) is 23.3. The second kappa shape index (κ2) is 7.01. The van der Waals surface area contributed by atoms with Gasteiger partial charge in [-0.15, -0.1) is 0 Å². The Balaban J connectivity index is 1.76. The second-order valence-corrected chi connectivity index (χ2v) is 6.73. The number of nitrogens with zero attached hydrogens (tertiary/aromatic N) is 4. The third-order valence-corrected chi connectivity index (χ3v) is 5.18. The molecule has 3 heterocycles. The number of aromatic nitrogens is 2. The molecule has 1 unspecified atom stereocenters. The van der Waals surface area contributed by atoms with Crippen molar-refractivity contribution >= 4 is 5.91 Å². The van der Waals surface area contributed by atoms with Crippen LogP contribution in [0.5, 0.6) is 0 Å². The van der Waals surface area contributed by atoms with Crippen LogP contribution in [0.1, 0.15) is 41.0 Å². The topological polar surface area (TPSA) is 50.6 Å². The van der Waals surface area contributed by atoms with E-state index in [1.54, 1.807) is 0 Å². The molecule has 2 saturated heterocycles.